The van der Waals surface area contributed by atoms with Gasteiger partial charge in [-0.25, -0.2) is 13.1 Å². The Kier molecular flexibility index (Phi) is 4.81. The number of nitrogens with one attached hydrogen (secondary N) is 1. The predicted octanol–water partition coefficient (Wildman–Crippen LogP) is 3.28. The van der Waals surface area contributed by atoms with Gasteiger partial charge in [-0.05, 0) is 55.2 Å². The molecule has 0 radical (unpaired) electrons. The second kappa shape index (κ2) is 6.54. The molecule has 23 heavy (non-hydrogen) atoms. The summed E-state index contributed by atoms with van der Waals surface area (Å²) in [6, 6.07) is 6.44. The second-order valence-corrected chi connectivity index (χ2v) is 9.05. The van der Waals surface area contributed by atoms with Gasteiger partial charge in [-0.3, -0.25) is 0 Å². The average Bonchev–Trinajstić information content (AvgIpc) is 2.94. The summed E-state index contributed by atoms with van der Waals surface area (Å²) in [6.45, 7) is 6.72. The van der Waals surface area contributed by atoms with Crippen molar-refractivity contribution in [2.24, 2.45) is 0 Å². The Morgan fingerprint density at radius 3 is 2.70 bits per heavy atom. The average molecular weight is 337 g/mol. The minimum Gasteiger partial charge on any atom is -0.377 e. The highest BCUT2D eigenvalue weighted by molar-refractivity contribution is 7.90. The molecule has 1 aliphatic carbocycles. The molecule has 3 atom stereocenters. The van der Waals surface area contributed by atoms with Crippen LogP contribution < -0.4 is 4.72 Å². The fourth-order valence-corrected chi connectivity index (χ4v) is 5.51. The Morgan fingerprint density at radius 2 is 2.04 bits per heavy atom. The third-order valence-electron chi connectivity index (χ3n) is 5.16. The Hall–Kier alpha value is -0.910. The standard InChI is InChI=1S/C18H27NO3S/c1-12(2)15-8-7-14-5-4-6-17(16(14)11-15)19-23(20,21)18-9-10-22-13(18)3/h7-8,11-13,17-19H,4-6,9-10H2,1-3H3/t13?,17-,18?/m1/s1. The fraction of sp³-hybridized carbons (Fsp3) is 0.667. The van der Waals surface area contributed by atoms with Gasteiger partial charge in [0.25, 0.3) is 0 Å². The molecule has 1 aromatic carbocycles. The monoisotopic (exact) mass is 337 g/mol. The maximum absolute atomic E-state index is 12.7. The first-order valence-electron chi connectivity index (χ1n) is 8.64. The summed E-state index contributed by atoms with van der Waals surface area (Å²) in [7, 11) is -3.36. The Bertz CT molecular complexity index is 669. The van der Waals surface area contributed by atoms with Gasteiger partial charge in [0, 0.05) is 12.6 Å². The molecule has 1 fully saturated rings. The van der Waals surface area contributed by atoms with Crippen molar-refractivity contribution in [1.29, 1.82) is 0 Å². The molecule has 5 heteroatoms. The van der Waals surface area contributed by atoms with Crippen molar-refractivity contribution in [3.8, 4) is 0 Å². The van der Waals surface area contributed by atoms with Crippen LogP contribution in [-0.4, -0.2) is 26.4 Å². The van der Waals surface area contributed by atoms with Gasteiger partial charge >= 0.3 is 0 Å². The molecule has 0 amide bonds. The lowest BCUT2D eigenvalue weighted by Crippen LogP contribution is -2.41. The molecular formula is C18H27NO3S. The van der Waals surface area contributed by atoms with Crippen LogP contribution in [0.5, 0.6) is 0 Å². The van der Waals surface area contributed by atoms with Gasteiger partial charge in [0.15, 0.2) is 0 Å². The molecule has 2 aliphatic rings. The van der Waals surface area contributed by atoms with E-state index < -0.39 is 15.3 Å². The number of sulfonamides is 1. The number of hydrogen-bond donors (Lipinski definition) is 1. The van der Waals surface area contributed by atoms with Crippen LogP contribution in [0.1, 0.15) is 68.7 Å². The Labute approximate surface area is 139 Å². The maximum atomic E-state index is 12.7. The number of benzene rings is 1. The zero-order chi connectivity index (χ0) is 16.6. The van der Waals surface area contributed by atoms with Gasteiger partial charge < -0.3 is 4.74 Å². The molecule has 1 aliphatic heterocycles. The molecule has 2 unspecified atom stereocenters. The van der Waals surface area contributed by atoms with E-state index in [2.05, 4.69) is 36.8 Å². The predicted molar refractivity (Wildman–Crippen MR) is 92.1 cm³/mol. The van der Waals surface area contributed by atoms with Crippen LogP contribution in [0.3, 0.4) is 0 Å². The van der Waals surface area contributed by atoms with Crippen molar-refractivity contribution in [1.82, 2.24) is 4.72 Å². The number of hydrogen-bond acceptors (Lipinski definition) is 3. The van der Waals surface area contributed by atoms with Crippen molar-refractivity contribution < 1.29 is 13.2 Å². The molecule has 0 aromatic heterocycles. The highest BCUT2D eigenvalue weighted by atomic mass is 32.2. The van der Waals surface area contributed by atoms with Crippen molar-refractivity contribution in [2.75, 3.05) is 6.61 Å². The van der Waals surface area contributed by atoms with E-state index in [1.165, 1.54) is 11.1 Å². The smallest absolute Gasteiger partial charge is 0.217 e. The first kappa shape index (κ1) is 16.9. The summed E-state index contributed by atoms with van der Waals surface area (Å²) in [4.78, 5) is 0. The topological polar surface area (TPSA) is 55.4 Å². The normalized spacial score (nSPS) is 28.1. The number of aryl methyl sites for hydroxylation is 1. The summed E-state index contributed by atoms with van der Waals surface area (Å²) < 4.78 is 33.9. The molecule has 128 valence electrons. The molecule has 3 rings (SSSR count). The molecule has 1 saturated heterocycles. The summed E-state index contributed by atoms with van der Waals surface area (Å²) in [5.74, 6) is 0.447. The zero-order valence-corrected chi connectivity index (χ0v) is 15.0. The lowest BCUT2D eigenvalue weighted by atomic mass is 9.85. The van der Waals surface area contributed by atoms with Crippen LogP contribution >= 0.6 is 0 Å². The first-order valence-corrected chi connectivity index (χ1v) is 10.2. The van der Waals surface area contributed by atoms with E-state index in [1.807, 2.05) is 6.92 Å². The van der Waals surface area contributed by atoms with Crippen LogP contribution in [0, 0.1) is 0 Å². The van der Waals surface area contributed by atoms with Crippen LogP contribution in [-0.2, 0) is 21.2 Å². The number of ether oxygens (including phenoxy) is 1. The Balaban J connectivity index is 1.86. The third kappa shape index (κ3) is 3.47. The summed E-state index contributed by atoms with van der Waals surface area (Å²) in [5, 5.41) is -0.429. The van der Waals surface area contributed by atoms with Crippen molar-refractivity contribution in [3.05, 3.63) is 34.9 Å². The van der Waals surface area contributed by atoms with Gasteiger partial charge in [-0.2, -0.15) is 0 Å². The lowest BCUT2D eigenvalue weighted by Gasteiger charge is -2.29. The van der Waals surface area contributed by atoms with E-state index in [-0.39, 0.29) is 12.1 Å². The minimum absolute atomic E-state index is 0.102. The third-order valence-corrected chi connectivity index (χ3v) is 7.19. The molecule has 4 nitrogen and oxygen atoms in total. The summed E-state index contributed by atoms with van der Waals surface area (Å²) >= 11 is 0. The fourth-order valence-electron chi connectivity index (χ4n) is 3.70. The minimum atomic E-state index is -3.36. The van der Waals surface area contributed by atoms with Crippen molar-refractivity contribution in [3.63, 3.8) is 0 Å². The van der Waals surface area contributed by atoms with Gasteiger partial charge in [0.1, 0.15) is 5.25 Å². The van der Waals surface area contributed by atoms with Crippen molar-refractivity contribution in [2.45, 2.75) is 69.8 Å². The van der Waals surface area contributed by atoms with Gasteiger partial charge in [-0.15, -0.1) is 0 Å². The zero-order valence-electron chi connectivity index (χ0n) is 14.2. The maximum Gasteiger partial charge on any atom is 0.217 e. The van der Waals surface area contributed by atoms with Gasteiger partial charge in [0.2, 0.25) is 10.0 Å². The van der Waals surface area contributed by atoms with Crippen LogP contribution in [0.2, 0.25) is 0 Å². The van der Waals surface area contributed by atoms with Gasteiger partial charge in [-0.1, -0.05) is 32.0 Å². The largest absolute Gasteiger partial charge is 0.377 e. The van der Waals surface area contributed by atoms with Crippen LogP contribution in [0.15, 0.2) is 18.2 Å². The molecular weight excluding hydrogens is 310 g/mol. The SMILES string of the molecule is CC(C)c1ccc2c(c1)[C@H](NS(=O)(=O)C1CCOC1C)CCC2. The highest BCUT2D eigenvalue weighted by Gasteiger charge is 2.37. The molecule has 1 N–H and O–H groups in total. The quantitative estimate of drug-likeness (QED) is 0.917. The van der Waals surface area contributed by atoms with E-state index in [9.17, 15) is 8.42 Å². The second-order valence-electron chi connectivity index (χ2n) is 7.12. The van der Waals surface area contributed by atoms with E-state index >= 15 is 0 Å². The van der Waals surface area contributed by atoms with Crippen molar-refractivity contribution >= 4 is 10.0 Å². The Morgan fingerprint density at radius 1 is 1.26 bits per heavy atom. The molecule has 1 heterocycles. The number of rotatable bonds is 4. The van der Waals surface area contributed by atoms with Gasteiger partial charge in [0.05, 0.1) is 6.10 Å². The van der Waals surface area contributed by atoms with E-state index in [0.717, 1.165) is 24.8 Å². The number of fused-ring (bicyclic) bond motifs is 1. The molecule has 0 bridgehead atoms. The summed E-state index contributed by atoms with van der Waals surface area (Å²) in [5.41, 5.74) is 3.72. The molecule has 0 saturated carbocycles. The van der Waals surface area contributed by atoms with Crippen LogP contribution in [0.4, 0.5) is 0 Å². The summed E-state index contributed by atoms with van der Waals surface area (Å²) in [6.07, 6.45) is 3.29. The van der Waals surface area contributed by atoms with E-state index in [0.29, 0.717) is 18.9 Å². The molecule has 0 spiro atoms. The lowest BCUT2D eigenvalue weighted by molar-refractivity contribution is 0.126. The first-order chi connectivity index (χ1) is 10.9. The van der Waals surface area contributed by atoms with E-state index in [4.69, 9.17) is 4.74 Å². The van der Waals surface area contributed by atoms with Crippen LogP contribution in [0.25, 0.3) is 0 Å². The molecule has 1 aromatic rings. The highest BCUT2D eigenvalue weighted by Crippen LogP contribution is 2.33. The van der Waals surface area contributed by atoms with E-state index in [1.54, 1.807) is 0 Å².